The molecular formula is C10H13BrFO3P. The van der Waals surface area contributed by atoms with Gasteiger partial charge in [0, 0.05) is 25.1 Å². The van der Waals surface area contributed by atoms with E-state index in [0.717, 1.165) is 5.56 Å². The van der Waals surface area contributed by atoms with Gasteiger partial charge < -0.3 is 9.05 Å². The summed E-state index contributed by atoms with van der Waals surface area (Å²) in [6, 6.07) is 4.66. The molecule has 0 saturated heterocycles. The van der Waals surface area contributed by atoms with Gasteiger partial charge in [0.2, 0.25) is 0 Å². The van der Waals surface area contributed by atoms with Crippen LogP contribution in [0.4, 0.5) is 4.39 Å². The van der Waals surface area contributed by atoms with Crippen molar-refractivity contribution in [2.24, 2.45) is 0 Å². The van der Waals surface area contributed by atoms with Gasteiger partial charge in [-0.25, -0.2) is 4.39 Å². The van der Waals surface area contributed by atoms with Crippen molar-refractivity contribution >= 4 is 23.5 Å². The van der Waals surface area contributed by atoms with Crippen LogP contribution in [0, 0.1) is 5.82 Å². The second kappa shape index (κ2) is 5.92. The average molecular weight is 311 g/mol. The van der Waals surface area contributed by atoms with E-state index in [4.69, 9.17) is 9.05 Å². The van der Waals surface area contributed by atoms with Gasteiger partial charge in [0.05, 0.1) is 6.16 Å². The molecule has 0 bridgehead atoms. The molecule has 0 atom stereocenters. The van der Waals surface area contributed by atoms with Gasteiger partial charge in [-0.3, -0.25) is 4.57 Å². The minimum atomic E-state index is -3.22. The van der Waals surface area contributed by atoms with Crippen LogP contribution in [0.5, 0.6) is 0 Å². The fourth-order valence-electron chi connectivity index (χ4n) is 1.24. The maximum atomic E-state index is 13.5. The molecule has 0 saturated carbocycles. The van der Waals surface area contributed by atoms with Gasteiger partial charge in [0.25, 0.3) is 0 Å². The summed E-state index contributed by atoms with van der Waals surface area (Å²) in [5.74, 6) is -0.404. The molecule has 1 aromatic rings. The number of hydrogen-bond donors (Lipinski definition) is 0. The Morgan fingerprint density at radius 1 is 1.38 bits per heavy atom. The Kier molecular flexibility index (Phi) is 5.12. The lowest BCUT2D eigenvalue weighted by Gasteiger charge is -2.14. The van der Waals surface area contributed by atoms with Gasteiger partial charge >= 0.3 is 7.60 Å². The Bertz CT molecular complexity index is 403. The number of halogens is 2. The molecule has 0 N–H and O–H groups in total. The molecule has 1 rings (SSSR count). The van der Waals surface area contributed by atoms with Gasteiger partial charge in [-0.05, 0) is 11.6 Å². The highest BCUT2D eigenvalue weighted by molar-refractivity contribution is 9.08. The van der Waals surface area contributed by atoms with Crippen molar-refractivity contribution in [3.63, 3.8) is 0 Å². The predicted molar refractivity (Wildman–Crippen MR) is 64.4 cm³/mol. The van der Waals surface area contributed by atoms with Crippen LogP contribution in [0.15, 0.2) is 18.2 Å². The zero-order valence-corrected chi connectivity index (χ0v) is 11.6. The first kappa shape index (κ1) is 13.8. The van der Waals surface area contributed by atoms with Crippen LogP contribution in [-0.2, 0) is 25.1 Å². The number of alkyl halides is 1. The molecule has 16 heavy (non-hydrogen) atoms. The zero-order valence-electron chi connectivity index (χ0n) is 9.07. The van der Waals surface area contributed by atoms with Crippen LogP contribution in [-0.4, -0.2) is 14.2 Å². The van der Waals surface area contributed by atoms with E-state index >= 15 is 0 Å². The van der Waals surface area contributed by atoms with E-state index in [-0.39, 0.29) is 6.16 Å². The molecule has 0 radical (unpaired) electrons. The predicted octanol–water partition coefficient (Wildman–Crippen LogP) is 3.71. The van der Waals surface area contributed by atoms with Crippen LogP contribution < -0.4 is 0 Å². The highest BCUT2D eigenvalue weighted by Gasteiger charge is 2.23. The summed E-state index contributed by atoms with van der Waals surface area (Å²) in [7, 11) is -0.639. The summed E-state index contributed by atoms with van der Waals surface area (Å²) in [6.07, 6.45) is -0.0628. The van der Waals surface area contributed by atoms with Crippen LogP contribution in [0.2, 0.25) is 0 Å². The van der Waals surface area contributed by atoms with E-state index < -0.39 is 13.4 Å². The fourth-order valence-corrected chi connectivity index (χ4v) is 2.66. The molecule has 0 fully saturated rings. The highest BCUT2D eigenvalue weighted by atomic mass is 79.9. The van der Waals surface area contributed by atoms with E-state index in [9.17, 15) is 8.96 Å². The summed E-state index contributed by atoms with van der Waals surface area (Å²) in [5.41, 5.74) is 1.25. The minimum Gasteiger partial charge on any atom is -0.312 e. The maximum Gasteiger partial charge on any atom is 0.334 e. The Labute approximate surface area is 103 Å². The molecule has 1 aromatic carbocycles. The SMILES string of the molecule is COP(=O)(Cc1cc(CBr)ccc1F)OC. The van der Waals surface area contributed by atoms with Crippen molar-refractivity contribution in [3.05, 3.63) is 35.1 Å². The van der Waals surface area contributed by atoms with Gasteiger partial charge in [-0.15, -0.1) is 0 Å². The molecular weight excluding hydrogens is 298 g/mol. The summed E-state index contributed by atoms with van der Waals surface area (Å²) in [6.45, 7) is 0. The van der Waals surface area contributed by atoms with Gasteiger partial charge in [0.1, 0.15) is 5.82 Å². The second-order valence-corrected chi connectivity index (χ2v) is 6.02. The zero-order chi connectivity index (χ0) is 12.2. The molecule has 0 aliphatic heterocycles. The van der Waals surface area contributed by atoms with Crippen molar-refractivity contribution in [2.75, 3.05) is 14.2 Å². The third kappa shape index (κ3) is 3.39. The van der Waals surface area contributed by atoms with Gasteiger partial charge in [0.15, 0.2) is 0 Å². The highest BCUT2D eigenvalue weighted by Crippen LogP contribution is 2.50. The van der Waals surface area contributed by atoms with E-state index in [2.05, 4.69) is 15.9 Å². The van der Waals surface area contributed by atoms with Crippen molar-refractivity contribution in [1.82, 2.24) is 0 Å². The van der Waals surface area contributed by atoms with E-state index in [1.165, 1.54) is 20.3 Å². The largest absolute Gasteiger partial charge is 0.334 e. The van der Waals surface area contributed by atoms with Crippen molar-refractivity contribution in [2.45, 2.75) is 11.5 Å². The first-order chi connectivity index (χ1) is 7.54. The van der Waals surface area contributed by atoms with E-state index in [0.29, 0.717) is 10.9 Å². The normalized spacial score (nSPS) is 11.8. The molecule has 3 nitrogen and oxygen atoms in total. The first-order valence-corrected chi connectivity index (χ1v) is 7.43. The Hall–Kier alpha value is -0.220. The lowest BCUT2D eigenvalue weighted by atomic mass is 10.1. The summed E-state index contributed by atoms with van der Waals surface area (Å²) >= 11 is 3.28. The Morgan fingerprint density at radius 3 is 2.50 bits per heavy atom. The maximum absolute atomic E-state index is 13.5. The molecule has 0 aliphatic carbocycles. The molecule has 0 heterocycles. The third-order valence-electron chi connectivity index (χ3n) is 2.18. The van der Waals surface area contributed by atoms with E-state index in [1.54, 1.807) is 12.1 Å². The number of hydrogen-bond acceptors (Lipinski definition) is 3. The molecule has 90 valence electrons. The van der Waals surface area contributed by atoms with Crippen LogP contribution in [0.1, 0.15) is 11.1 Å². The Balaban J connectivity index is 3.00. The van der Waals surface area contributed by atoms with Crippen molar-refractivity contribution in [1.29, 1.82) is 0 Å². The van der Waals surface area contributed by atoms with Gasteiger partial charge in [-0.1, -0.05) is 28.1 Å². The number of benzene rings is 1. The standard InChI is InChI=1S/C10H13BrFO3P/c1-14-16(13,15-2)7-9-5-8(6-11)3-4-10(9)12/h3-5H,6-7H2,1-2H3. The van der Waals surface area contributed by atoms with Crippen molar-refractivity contribution < 1.29 is 18.0 Å². The van der Waals surface area contributed by atoms with E-state index in [1.807, 2.05) is 0 Å². The molecule has 0 unspecified atom stereocenters. The van der Waals surface area contributed by atoms with Crippen LogP contribution in [0.25, 0.3) is 0 Å². The lowest BCUT2D eigenvalue weighted by Crippen LogP contribution is -1.97. The molecule has 0 amide bonds. The third-order valence-corrected chi connectivity index (χ3v) is 4.67. The molecule has 0 aromatic heterocycles. The first-order valence-electron chi connectivity index (χ1n) is 4.58. The van der Waals surface area contributed by atoms with Crippen LogP contribution >= 0.6 is 23.5 Å². The fraction of sp³-hybridized carbons (Fsp3) is 0.400. The molecule has 0 spiro atoms. The number of rotatable bonds is 5. The summed E-state index contributed by atoms with van der Waals surface area (Å²) < 4.78 is 34.9. The van der Waals surface area contributed by atoms with Crippen molar-refractivity contribution in [3.8, 4) is 0 Å². The monoisotopic (exact) mass is 310 g/mol. The molecule has 6 heteroatoms. The second-order valence-electron chi connectivity index (χ2n) is 3.19. The quantitative estimate of drug-likeness (QED) is 0.614. The minimum absolute atomic E-state index is 0.0628. The summed E-state index contributed by atoms with van der Waals surface area (Å²) in [5, 5.41) is 0.616. The topological polar surface area (TPSA) is 35.5 Å². The smallest absolute Gasteiger partial charge is 0.312 e. The summed E-state index contributed by atoms with van der Waals surface area (Å²) in [4.78, 5) is 0. The average Bonchev–Trinajstić information content (AvgIpc) is 2.32. The van der Waals surface area contributed by atoms with Crippen LogP contribution in [0.3, 0.4) is 0 Å². The Morgan fingerprint density at radius 2 is 2.00 bits per heavy atom. The molecule has 0 aliphatic rings. The lowest BCUT2D eigenvalue weighted by molar-refractivity contribution is 0.274. The van der Waals surface area contributed by atoms with Gasteiger partial charge in [-0.2, -0.15) is 0 Å².